The van der Waals surface area contributed by atoms with Crippen LogP contribution in [0.3, 0.4) is 0 Å². The Morgan fingerprint density at radius 2 is 2.10 bits per heavy atom. The lowest BCUT2D eigenvalue weighted by Crippen LogP contribution is -2.44. The molecule has 2 atom stereocenters. The van der Waals surface area contributed by atoms with E-state index in [4.69, 9.17) is 4.74 Å². The zero-order valence-corrected chi connectivity index (χ0v) is 11.8. The molecule has 1 aliphatic heterocycles. The van der Waals surface area contributed by atoms with Gasteiger partial charge in [-0.05, 0) is 30.7 Å². The highest BCUT2D eigenvalue weighted by molar-refractivity contribution is 5.79. The maximum absolute atomic E-state index is 12.2. The van der Waals surface area contributed by atoms with Gasteiger partial charge in [0.05, 0.1) is 19.1 Å². The molecule has 3 N–H and O–H groups in total. The molecule has 20 heavy (non-hydrogen) atoms. The monoisotopic (exact) mass is 278 g/mol. The molecule has 1 aromatic rings. The molecule has 1 fully saturated rings. The van der Waals surface area contributed by atoms with Crippen LogP contribution in [-0.4, -0.2) is 36.8 Å². The van der Waals surface area contributed by atoms with Gasteiger partial charge in [-0.15, -0.1) is 0 Å². The lowest BCUT2D eigenvalue weighted by atomic mass is 10.0. The lowest BCUT2D eigenvalue weighted by Gasteiger charge is -2.18. The SMILES string of the molecule is CCCNC1COCC1C(=O)NCc1ccc(O)cc1. The van der Waals surface area contributed by atoms with Crippen LogP contribution in [0, 0.1) is 5.92 Å². The maximum Gasteiger partial charge on any atom is 0.227 e. The van der Waals surface area contributed by atoms with Crippen molar-refractivity contribution in [2.45, 2.75) is 25.9 Å². The minimum atomic E-state index is -0.126. The predicted octanol–water partition coefficient (Wildman–Crippen LogP) is 1.02. The third kappa shape index (κ3) is 3.95. The van der Waals surface area contributed by atoms with E-state index in [9.17, 15) is 9.90 Å². The van der Waals surface area contributed by atoms with E-state index < -0.39 is 0 Å². The van der Waals surface area contributed by atoms with E-state index in [0.717, 1.165) is 18.5 Å². The fraction of sp³-hybridized carbons (Fsp3) is 0.533. The molecule has 2 rings (SSSR count). The van der Waals surface area contributed by atoms with Crippen LogP contribution in [0.15, 0.2) is 24.3 Å². The molecule has 0 radical (unpaired) electrons. The second-order valence-corrected chi connectivity index (χ2v) is 5.09. The normalized spacial score (nSPS) is 21.9. The number of carbonyl (C=O) groups is 1. The van der Waals surface area contributed by atoms with Gasteiger partial charge in [-0.3, -0.25) is 4.79 Å². The Labute approximate surface area is 119 Å². The number of aromatic hydroxyl groups is 1. The summed E-state index contributed by atoms with van der Waals surface area (Å²) in [5.41, 5.74) is 0.966. The van der Waals surface area contributed by atoms with E-state index >= 15 is 0 Å². The molecule has 0 aromatic heterocycles. The van der Waals surface area contributed by atoms with Crippen molar-refractivity contribution >= 4 is 5.91 Å². The summed E-state index contributed by atoms with van der Waals surface area (Å²) >= 11 is 0. The maximum atomic E-state index is 12.2. The van der Waals surface area contributed by atoms with Crippen LogP contribution in [0.1, 0.15) is 18.9 Å². The lowest BCUT2D eigenvalue weighted by molar-refractivity contribution is -0.125. The molecule has 1 aromatic carbocycles. The van der Waals surface area contributed by atoms with Crippen LogP contribution < -0.4 is 10.6 Å². The molecule has 0 saturated carbocycles. The fourth-order valence-electron chi connectivity index (χ4n) is 2.28. The summed E-state index contributed by atoms with van der Waals surface area (Å²) in [6.07, 6.45) is 1.04. The van der Waals surface area contributed by atoms with Crippen molar-refractivity contribution in [1.29, 1.82) is 0 Å². The largest absolute Gasteiger partial charge is 0.508 e. The van der Waals surface area contributed by atoms with E-state index in [1.54, 1.807) is 24.3 Å². The summed E-state index contributed by atoms with van der Waals surface area (Å²) in [7, 11) is 0. The molecule has 1 aliphatic rings. The van der Waals surface area contributed by atoms with E-state index in [2.05, 4.69) is 17.6 Å². The van der Waals surface area contributed by atoms with Crippen LogP contribution in [-0.2, 0) is 16.1 Å². The van der Waals surface area contributed by atoms with Crippen molar-refractivity contribution in [2.24, 2.45) is 5.92 Å². The highest BCUT2D eigenvalue weighted by atomic mass is 16.5. The molecule has 2 unspecified atom stereocenters. The van der Waals surface area contributed by atoms with Crippen LogP contribution >= 0.6 is 0 Å². The Balaban J connectivity index is 1.83. The molecular weight excluding hydrogens is 256 g/mol. The molecule has 0 bridgehead atoms. The number of nitrogens with one attached hydrogen (secondary N) is 2. The van der Waals surface area contributed by atoms with Gasteiger partial charge in [0, 0.05) is 12.6 Å². The average molecular weight is 278 g/mol. The third-order valence-electron chi connectivity index (χ3n) is 3.48. The first-order valence-corrected chi connectivity index (χ1v) is 7.07. The first-order valence-electron chi connectivity index (χ1n) is 7.07. The van der Waals surface area contributed by atoms with Crippen molar-refractivity contribution in [2.75, 3.05) is 19.8 Å². The smallest absolute Gasteiger partial charge is 0.227 e. The van der Waals surface area contributed by atoms with Gasteiger partial charge in [0.2, 0.25) is 5.91 Å². The van der Waals surface area contributed by atoms with Gasteiger partial charge in [-0.2, -0.15) is 0 Å². The standard InChI is InChI=1S/C15H22N2O3/c1-2-7-16-14-10-20-9-13(14)15(19)17-8-11-3-5-12(18)6-4-11/h3-6,13-14,16,18H,2,7-10H2,1H3,(H,17,19). The van der Waals surface area contributed by atoms with E-state index in [1.165, 1.54) is 0 Å². The second kappa shape index (κ2) is 7.26. The van der Waals surface area contributed by atoms with Gasteiger partial charge in [-0.1, -0.05) is 19.1 Å². The van der Waals surface area contributed by atoms with E-state index in [0.29, 0.717) is 19.8 Å². The number of hydrogen-bond acceptors (Lipinski definition) is 4. The molecule has 5 heteroatoms. The predicted molar refractivity (Wildman–Crippen MR) is 76.3 cm³/mol. The molecule has 1 heterocycles. The average Bonchev–Trinajstić information content (AvgIpc) is 2.92. The molecule has 1 saturated heterocycles. The molecule has 0 spiro atoms. The Hall–Kier alpha value is -1.59. The van der Waals surface area contributed by atoms with Crippen LogP contribution in [0.4, 0.5) is 0 Å². The minimum Gasteiger partial charge on any atom is -0.508 e. The van der Waals surface area contributed by atoms with Crippen molar-refractivity contribution in [3.05, 3.63) is 29.8 Å². The topological polar surface area (TPSA) is 70.6 Å². The van der Waals surface area contributed by atoms with Crippen molar-refractivity contribution in [3.8, 4) is 5.75 Å². The molecule has 0 aliphatic carbocycles. The van der Waals surface area contributed by atoms with Gasteiger partial charge in [0.25, 0.3) is 0 Å². The van der Waals surface area contributed by atoms with Crippen LogP contribution in [0.5, 0.6) is 5.75 Å². The number of ether oxygens (including phenoxy) is 1. The summed E-state index contributed by atoms with van der Waals surface area (Å²) in [4.78, 5) is 12.2. The Kier molecular flexibility index (Phi) is 5.38. The quantitative estimate of drug-likeness (QED) is 0.726. The zero-order valence-electron chi connectivity index (χ0n) is 11.8. The van der Waals surface area contributed by atoms with Gasteiger partial charge < -0.3 is 20.5 Å². The number of amides is 1. The van der Waals surface area contributed by atoms with Gasteiger partial charge in [-0.25, -0.2) is 0 Å². The number of carbonyl (C=O) groups excluding carboxylic acids is 1. The van der Waals surface area contributed by atoms with E-state index in [-0.39, 0.29) is 23.6 Å². The van der Waals surface area contributed by atoms with Gasteiger partial charge in [0.1, 0.15) is 5.75 Å². The summed E-state index contributed by atoms with van der Waals surface area (Å²) in [5.74, 6) is 0.121. The van der Waals surface area contributed by atoms with Crippen molar-refractivity contribution < 1.29 is 14.6 Å². The van der Waals surface area contributed by atoms with Crippen molar-refractivity contribution in [1.82, 2.24) is 10.6 Å². The Bertz CT molecular complexity index is 433. The number of phenolic OH excluding ortho intramolecular Hbond substituents is 1. The van der Waals surface area contributed by atoms with Gasteiger partial charge in [0.15, 0.2) is 0 Å². The fourth-order valence-corrected chi connectivity index (χ4v) is 2.28. The van der Waals surface area contributed by atoms with Crippen molar-refractivity contribution in [3.63, 3.8) is 0 Å². The molecular formula is C15H22N2O3. The zero-order chi connectivity index (χ0) is 14.4. The Morgan fingerprint density at radius 3 is 2.80 bits per heavy atom. The summed E-state index contributed by atoms with van der Waals surface area (Å²) in [6.45, 7) is 4.54. The molecule has 110 valence electrons. The number of phenols is 1. The highest BCUT2D eigenvalue weighted by Gasteiger charge is 2.33. The van der Waals surface area contributed by atoms with E-state index in [1.807, 2.05) is 0 Å². The number of benzene rings is 1. The minimum absolute atomic E-state index is 0.0178. The third-order valence-corrected chi connectivity index (χ3v) is 3.48. The first-order chi connectivity index (χ1) is 9.70. The Morgan fingerprint density at radius 1 is 1.35 bits per heavy atom. The molecule has 1 amide bonds. The van der Waals surface area contributed by atoms with Gasteiger partial charge >= 0.3 is 0 Å². The molecule has 5 nitrogen and oxygen atoms in total. The highest BCUT2D eigenvalue weighted by Crippen LogP contribution is 2.15. The van der Waals surface area contributed by atoms with Crippen LogP contribution in [0.2, 0.25) is 0 Å². The number of rotatable bonds is 6. The summed E-state index contributed by atoms with van der Waals surface area (Å²) < 4.78 is 5.40. The number of hydrogen-bond donors (Lipinski definition) is 3. The van der Waals surface area contributed by atoms with Crippen LogP contribution in [0.25, 0.3) is 0 Å². The first kappa shape index (κ1) is 14.8. The second-order valence-electron chi connectivity index (χ2n) is 5.09. The summed E-state index contributed by atoms with van der Waals surface area (Å²) in [5, 5.41) is 15.5. The summed E-state index contributed by atoms with van der Waals surface area (Å²) in [6, 6.07) is 6.94.